The van der Waals surface area contributed by atoms with Crippen LogP contribution in [-0.2, 0) is 0 Å². The van der Waals surface area contributed by atoms with Gasteiger partial charge in [-0.2, -0.15) is 0 Å². The summed E-state index contributed by atoms with van der Waals surface area (Å²) in [5.74, 6) is 0. The third-order valence-corrected chi connectivity index (χ3v) is 3.22. The van der Waals surface area contributed by atoms with Crippen LogP contribution in [0.25, 0.3) is 0 Å². The zero-order valence-corrected chi connectivity index (χ0v) is 7.23. The van der Waals surface area contributed by atoms with Crippen molar-refractivity contribution >= 4 is 0 Å². The highest BCUT2D eigenvalue weighted by atomic mass is 14.3. The predicted molar refractivity (Wildman–Crippen MR) is 47.2 cm³/mol. The molecule has 0 aromatic heterocycles. The van der Waals surface area contributed by atoms with Crippen LogP contribution in [0.1, 0.15) is 51.4 Å². The molecule has 0 bridgehead atoms. The lowest BCUT2D eigenvalue weighted by Crippen LogP contribution is -2.23. The molecule has 0 nitrogen and oxygen atoms in total. The van der Waals surface area contributed by atoms with Gasteiger partial charge in [0, 0.05) is 0 Å². The second-order valence-electron chi connectivity index (χ2n) is 4.08. The number of rotatable bonds is 0. The maximum atomic E-state index is 3.61. The van der Waals surface area contributed by atoms with E-state index in [1.165, 1.54) is 51.4 Å². The highest BCUT2D eigenvalue weighted by Gasteiger charge is 2.30. The Balaban J connectivity index is 2.06. The standard InChI is InChI=1S/C11H17/c1-3-7-11(8-4-1)9-5-2-6-10-11/h3H,1-2,4-6,8-10H2. The Morgan fingerprint density at radius 3 is 2.27 bits per heavy atom. The van der Waals surface area contributed by atoms with Gasteiger partial charge in [-0.1, -0.05) is 25.3 Å². The van der Waals surface area contributed by atoms with Gasteiger partial charge in [-0.3, -0.25) is 0 Å². The predicted octanol–water partition coefficient (Wildman–Crippen LogP) is 3.48. The van der Waals surface area contributed by atoms with Gasteiger partial charge in [0.15, 0.2) is 0 Å². The Bertz CT molecular complexity index is 149. The van der Waals surface area contributed by atoms with Crippen molar-refractivity contribution in [1.29, 1.82) is 0 Å². The molecule has 11 heavy (non-hydrogen) atoms. The van der Waals surface area contributed by atoms with Crippen LogP contribution in [0.5, 0.6) is 0 Å². The summed E-state index contributed by atoms with van der Waals surface area (Å²) in [6.07, 6.45) is 17.2. The first-order valence-electron chi connectivity index (χ1n) is 5.01. The Kier molecular flexibility index (Phi) is 2.02. The molecule has 2 aliphatic carbocycles. The summed E-state index contributed by atoms with van der Waals surface area (Å²) in [5, 5.41) is 0. The van der Waals surface area contributed by atoms with Gasteiger partial charge < -0.3 is 0 Å². The topological polar surface area (TPSA) is 0 Å². The normalized spacial score (nSPS) is 29.1. The average Bonchev–Trinajstić information content (AvgIpc) is 2.07. The lowest BCUT2D eigenvalue weighted by atomic mass is 9.69. The third-order valence-electron chi connectivity index (χ3n) is 3.22. The van der Waals surface area contributed by atoms with Crippen LogP contribution in [0.15, 0.2) is 6.08 Å². The average molecular weight is 149 g/mol. The molecule has 0 heterocycles. The zero-order valence-electron chi connectivity index (χ0n) is 7.23. The van der Waals surface area contributed by atoms with Crippen LogP contribution in [0.2, 0.25) is 0 Å². The molecular weight excluding hydrogens is 132 g/mol. The summed E-state index contributed by atoms with van der Waals surface area (Å²) in [7, 11) is 0. The Morgan fingerprint density at radius 2 is 1.64 bits per heavy atom. The lowest BCUT2D eigenvalue weighted by molar-refractivity contribution is 0.215. The van der Waals surface area contributed by atoms with E-state index in [9.17, 15) is 0 Å². The van der Waals surface area contributed by atoms with E-state index in [1.54, 1.807) is 0 Å². The minimum atomic E-state index is 0.552. The molecule has 0 aliphatic heterocycles. The van der Waals surface area contributed by atoms with Crippen molar-refractivity contribution in [3.05, 3.63) is 12.2 Å². The largest absolute Gasteiger partial charge is 0.0805 e. The van der Waals surface area contributed by atoms with Crippen molar-refractivity contribution in [3.8, 4) is 0 Å². The van der Waals surface area contributed by atoms with E-state index in [4.69, 9.17) is 0 Å². The zero-order chi connectivity index (χ0) is 7.57. The molecule has 0 unspecified atom stereocenters. The van der Waals surface area contributed by atoms with Crippen molar-refractivity contribution in [3.63, 3.8) is 0 Å². The second-order valence-corrected chi connectivity index (χ2v) is 4.08. The molecule has 0 amide bonds. The van der Waals surface area contributed by atoms with Crippen LogP contribution in [-0.4, -0.2) is 0 Å². The maximum Gasteiger partial charge on any atom is -0.00472 e. The minimum absolute atomic E-state index is 0.552. The van der Waals surface area contributed by atoms with E-state index < -0.39 is 0 Å². The Morgan fingerprint density at radius 1 is 0.909 bits per heavy atom. The van der Waals surface area contributed by atoms with Crippen molar-refractivity contribution in [2.24, 2.45) is 5.41 Å². The molecule has 0 N–H and O–H groups in total. The van der Waals surface area contributed by atoms with Gasteiger partial charge in [-0.15, -0.1) is 0 Å². The van der Waals surface area contributed by atoms with E-state index in [0.29, 0.717) is 5.41 Å². The first-order valence-corrected chi connectivity index (χ1v) is 5.01. The van der Waals surface area contributed by atoms with E-state index >= 15 is 0 Å². The quantitative estimate of drug-likeness (QED) is 0.494. The van der Waals surface area contributed by atoms with Crippen LogP contribution in [0.4, 0.5) is 0 Å². The van der Waals surface area contributed by atoms with Gasteiger partial charge in [0.25, 0.3) is 0 Å². The van der Waals surface area contributed by atoms with Crippen molar-refractivity contribution in [2.45, 2.75) is 51.4 Å². The van der Waals surface area contributed by atoms with Gasteiger partial charge in [0.2, 0.25) is 0 Å². The van der Waals surface area contributed by atoms with Crippen LogP contribution >= 0.6 is 0 Å². The summed E-state index contributed by atoms with van der Waals surface area (Å²) < 4.78 is 0. The molecule has 2 rings (SSSR count). The molecule has 0 aromatic rings. The van der Waals surface area contributed by atoms with Gasteiger partial charge in [0.1, 0.15) is 0 Å². The lowest BCUT2D eigenvalue weighted by Gasteiger charge is -2.36. The molecule has 1 spiro atoms. The first-order chi connectivity index (χ1) is 5.41. The number of hydrogen-bond donors (Lipinski definition) is 0. The molecule has 1 saturated carbocycles. The van der Waals surface area contributed by atoms with Gasteiger partial charge in [-0.25, -0.2) is 0 Å². The van der Waals surface area contributed by atoms with E-state index in [0.717, 1.165) is 0 Å². The van der Waals surface area contributed by atoms with E-state index in [2.05, 4.69) is 12.2 Å². The van der Waals surface area contributed by atoms with E-state index in [1.807, 2.05) is 0 Å². The summed E-state index contributed by atoms with van der Waals surface area (Å²) in [6, 6.07) is 0. The molecule has 0 heteroatoms. The number of hydrogen-bond acceptors (Lipinski definition) is 0. The first kappa shape index (κ1) is 7.39. The van der Waals surface area contributed by atoms with Crippen LogP contribution in [0, 0.1) is 11.5 Å². The van der Waals surface area contributed by atoms with Crippen LogP contribution < -0.4 is 0 Å². The molecule has 0 atom stereocenters. The molecule has 1 radical (unpaired) electrons. The fourth-order valence-corrected chi connectivity index (χ4v) is 2.53. The fourth-order valence-electron chi connectivity index (χ4n) is 2.53. The molecule has 0 saturated heterocycles. The number of allylic oxidation sites excluding steroid dienone is 2. The fraction of sp³-hybridized carbons (Fsp3) is 0.818. The third kappa shape index (κ3) is 1.50. The molecule has 61 valence electrons. The Hall–Kier alpha value is -0.260. The monoisotopic (exact) mass is 149 g/mol. The summed E-state index contributed by atoms with van der Waals surface area (Å²) in [4.78, 5) is 0. The van der Waals surface area contributed by atoms with Crippen molar-refractivity contribution < 1.29 is 0 Å². The van der Waals surface area contributed by atoms with E-state index in [-0.39, 0.29) is 0 Å². The van der Waals surface area contributed by atoms with Crippen molar-refractivity contribution in [1.82, 2.24) is 0 Å². The molecule has 1 fully saturated rings. The Labute approximate surface area is 69.7 Å². The molecule has 0 aromatic carbocycles. The minimum Gasteiger partial charge on any atom is -0.0805 e. The molecular formula is C11H17. The van der Waals surface area contributed by atoms with Gasteiger partial charge in [0.05, 0.1) is 0 Å². The smallest absolute Gasteiger partial charge is 0.00472 e. The van der Waals surface area contributed by atoms with Gasteiger partial charge >= 0.3 is 0 Å². The SMILES string of the molecule is [C]1=CCCCC12CCCCC2. The van der Waals surface area contributed by atoms with Crippen LogP contribution in [0.3, 0.4) is 0 Å². The van der Waals surface area contributed by atoms with Crippen molar-refractivity contribution in [2.75, 3.05) is 0 Å². The second kappa shape index (κ2) is 3.00. The highest BCUT2D eigenvalue weighted by molar-refractivity contribution is 4.98. The molecule has 2 aliphatic rings. The summed E-state index contributed by atoms with van der Waals surface area (Å²) >= 11 is 0. The highest BCUT2D eigenvalue weighted by Crippen LogP contribution is 2.43. The van der Waals surface area contributed by atoms with Gasteiger partial charge in [-0.05, 0) is 43.6 Å². The summed E-state index contributed by atoms with van der Waals surface area (Å²) in [6.45, 7) is 0. The summed E-state index contributed by atoms with van der Waals surface area (Å²) in [5.41, 5.74) is 0.552. The maximum absolute atomic E-state index is 3.61.